The number of hydrogen-bond donors (Lipinski definition) is 1. The maximum atomic E-state index is 5.95. The van der Waals surface area contributed by atoms with Crippen molar-refractivity contribution in [3.63, 3.8) is 0 Å². The van der Waals surface area contributed by atoms with E-state index in [9.17, 15) is 0 Å². The zero-order valence-electron chi connectivity index (χ0n) is 9.90. The van der Waals surface area contributed by atoms with Crippen molar-refractivity contribution in [1.29, 1.82) is 0 Å². The summed E-state index contributed by atoms with van der Waals surface area (Å²) in [5.41, 5.74) is 7.50. The molecule has 0 aliphatic carbocycles. The molecule has 5 heteroatoms. The van der Waals surface area contributed by atoms with Crippen LogP contribution in [0.2, 0.25) is 0 Å². The average molecular weight is 225 g/mol. The number of nitrogen functional groups attached to an aromatic ring is 1. The fraction of sp³-hybridized carbons (Fsp3) is 0.727. The van der Waals surface area contributed by atoms with Crippen LogP contribution in [-0.4, -0.2) is 29.1 Å². The van der Waals surface area contributed by atoms with Crippen LogP contribution in [-0.2, 0) is 18.2 Å². The van der Waals surface area contributed by atoms with Crippen molar-refractivity contribution in [2.45, 2.75) is 32.3 Å². The molecular formula is C11H19N3O2. The highest BCUT2D eigenvalue weighted by molar-refractivity contribution is 5.53. The van der Waals surface area contributed by atoms with E-state index in [4.69, 9.17) is 15.2 Å². The molecule has 1 saturated heterocycles. The van der Waals surface area contributed by atoms with Crippen molar-refractivity contribution >= 4 is 5.69 Å². The molecule has 0 saturated carbocycles. The summed E-state index contributed by atoms with van der Waals surface area (Å²) in [7, 11) is 1.85. The van der Waals surface area contributed by atoms with Gasteiger partial charge in [-0.15, -0.1) is 0 Å². The normalized spacial score (nSPS) is 20.2. The zero-order chi connectivity index (χ0) is 11.5. The minimum absolute atomic E-state index is 0.208. The molecule has 1 aromatic rings. The molecule has 5 nitrogen and oxygen atoms in total. The molecule has 16 heavy (non-hydrogen) atoms. The number of aromatic nitrogens is 2. The van der Waals surface area contributed by atoms with Gasteiger partial charge in [0, 0.05) is 13.7 Å². The van der Waals surface area contributed by atoms with E-state index in [1.807, 2.05) is 14.0 Å². The Balaban J connectivity index is 2.00. The Bertz CT molecular complexity index is 356. The highest BCUT2D eigenvalue weighted by Crippen LogP contribution is 2.25. The van der Waals surface area contributed by atoms with E-state index in [1.165, 1.54) is 0 Å². The lowest BCUT2D eigenvalue weighted by molar-refractivity contribution is 0.0651. The van der Waals surface area contributed by atoms with Crippen LogP contribution < -0.4 is 10.5 Å². The molecule has 0 spiro atoms. The van der Waals surface area contributed by atoms with Gasteiger partial charge < -0.3 is 15.2 Å². The summed E-state index contributed by atoms with van der Waals surface area (Å²) in [4.78, 5) is 0. The van der Waals surface area contributed by atoms with Crippen LogP contribution in [0.1, 0.15) is 25.5 Å². The van der Waals surface area contributed by atoms with E-state index in [-0.39, 0.29) is 6.10 Å². The van der Waals surface area contributed by atoms with Crippen LogP contribution in [0.4, 0.5) is 5.69 Å². The Morgan fingerprint density at radius 3 is 3.00 bits per heavy atom. The van der Waals surface area contributed by atoms with Crippen molar-refractivity contribution in [3.05, 3.63) is 5.69 Å². The molecule has 2 rings (SSSR count). The summed E-state index contributed by atoms with van der Waals surface area (Å²) in [5, 5.41) is 4.30. The zero-order valence-corrected chi connectivity index (χ0v) is 9.90. The number of rotatable bonds is 4. The van der Waals surface area contributed by atoms with Gasteiger partial charge in [-0.3, -0.25) is 0 Å². The minimum atomic E-state index is 0.208. The molecule has 0 amide bonds. The van der Waals surface area contributed by atoms with Crippen molar-refractivity contribution in [2.24, 2.45) is 7.05 Å². The fourth-order valence-corrected chi connectivity index (χ4v) is 1.96. The second-order valence-corrected chi connectivity index (χ2v) is 4.09. The van der Waals surface area contributed by atoms with Crippen LogP contribution >= 0.6 is 0 Å². The molecule has 0 bridgehead atoms. The maximum absolute atomic E-state index is 5.95. The van der Waals surface area contributed by atoms with Crippen molar-refractivity contribution in [1.82, 2.24) is 9.78 Å². The molecule has 0 aromatic carbocycles. The molecule has 2 heterocycles. The smallest absolute Gasteiger partial charge is 0.235 e. The molecule has 0 radical (unpaired) electrons. The van der Waals surface area contributed by atoms with Gasteiger partial charge in [0.2, 0.25) is 5.88 Å². The predicted molar refractivity (Wildman–Crippen MR) is 61.5 cm³/mol. The van der Waals surface area contributed by atoms with Gasteiger partial charge in [-0.1, -0.05) is 6.92 Å². The molecule has 1 fully saturated rings. The number of nitrogens with zero attached hydrogens (tertiary/aromatic N) is 2. The van der Waals surface area contributed by atoms with Crippen molar-refractivity contribution in [2.75, 3.05) is 18.9 Å². The first-order valence-corrected chi connectivity index (χ1v) is 5.78. The lowest BCUT2D eigenvalue weighted by Crippen LogP contribution is -2.17. The highest BCUT2D eigenvalue weighted by Gasteiger charge is 2.19. The molecule has 1 aliphatic rings. The van der Waals surface area contributed by atoms with E-state index in [0.29, 0.717) is 18.2 Å². The Morgan fingerprint density at radius 1 is 1.62 bits per heavy atom. The fourth-order valence-electron chi connectivity index (χ4n) is 1.96. The third-order valence-corrected chi connectivity index (χ3v) is 2.87. The third kappa shape index (κ3) is 2.14. The summed E-state index contributed by atoms with van der Waals surface area (Å²) in [5.74, 6) is 0.660. The lowest BCUT2D eigenvalue weighted by atomic mass is 10.2. The topological polar surface area (TPSA) is 62.3 Å². The number of anilines is 1. The van der Waals surface area contributed by atoms with Crippen LogP contribution in [0.25, 0.3) is 0 Å². The van der Waals surface area contributed by atoms with E-state index in [1.54, 1.807) is 4.68 Å². The van der Waals surface area contributed by atoms with Crippen molar-refractivity contribution in [3.8, 4) is 5.88 Å². The summed E-state index contributed by atoms with van der Waals surface area (Å²) < 4.78 is 12.9. The number of nitrogens with two attached hydrogens (primary N) is 1. The second kappa shape index (κ2) is 4.74. The number of hydrogen-bond acceptors (Lipinski definition) is 4. The standard InChI is InChI=1S/C11H19N3O2/c1-3-9-10(12)11(14(2)13-9)16-7-8-5-4-6-15-8/h8H,3-7,12H2,1-2H3. The molecule has 90 valence electrons. The minimum Gasteiger partial charge on any atom is -0.474 e. The van der Waals surface area contributed by atoms with E-state index >= 15 is 0 Å². The predicted octanol–water partition coefficient (Wildman–Crippen LogP) is 1.12. The molecule has 1 aromatic heterocycles. The van der Waals surface area contributed by atoms with Gasteiger partial charge in [0.05, 0.1) is 11.8 Å². The van der Waals surface area contributed by atoms with Gasteiger partial charge in [-0.25, -0.2) is 4.68 Å². The molecule has 2 N–H and O–H groups in total. The first kappa shape index (κ1) is 11.3. The molecule has 1 aliphatic heterocycles. The summed E-state index contributed by atoms with van der Waals surface area (Å²) in [6.07, 6.45) is 3.22. The number of ether oxygens (including phenoxy) is 2. The Labute approximate surface area is 95.5 Å². The van der Waals surface area contributed by atoms with E-state index < -0.39 is 0 Å². The average Bonchev–Trinajstić information content (AvgIpc) is 2.86. The quantitative estimate of drug-likeness (QED) is 0.834. The Morgan fingerprint density at radius 2 is 2.44 bits per heavy atom. The van der Waals surface area contributed by atoms with Gasteiger partial charge in [0.15, 0.2) is 0 Å². The van der Waals surface area contributed by atoms with Crippen LogP contribution in [0.3, 0.4) is 0 Å². The van der Waals surface area contributed by atoms with Crippen LogP contribution in [0, 0.1) is 0 Å². The first-order chi connectivity index (χ1) is 7.72. The van der Waals surface area contributed by atoms with E-state index in [0.717, 1.165) is 31.6 Å². The SMILES string of the molecule is CCc1nn(C)c(OCC2CCCO2)c1N. The van der Waals surface area contributed by atoms with Gasteiger partial charge >= 0.3 is 0 Å². The van der Waals surface area contributed by atoms with Crippen LogP contribution in [0.5, 0.6) is 5.88 Å². The van der Waals surface area contributed by atoms with E-state index in [2.05, 4.69) is 5.10 Å². The maximum Gasteiger partial charge on any atom is 0.235 e. The summed E-state index contributed by atoms with van der Waals surface area (Å²) in [6.45, 7) is 3.44. The molecular weight excluding hydrogens is 206 g/mol. The molecule has 1 unspecified atom stereocenters. The second-order valence-electron chi connectivity index (χ2n) is 4.09. The lowest BCUT2D eigenvalue weighted by Gasteiger charge is -2.11. The highest BCUT2D eigenvalue weighted by atomic mass is 16.5. The van der Waals surface area contributed by atoms with Gasteiger partial charge in [-0.2, -0.15) is 5.10 Å². The van der Waals surface area contributed by atoms with Gasteiger partial charge in [0.25, 0.3) is 0 Å². The summed E-state index contributed by atoms with van der Waals surface area (Å²) in [6, 6.07) is 0. The third-order valence-electron chi connectivity index (χ3n) is 2.87. The largest absolute Gasteiger partial charge is 0.474 e. The number of aryl methyl sites for hydroxylation is 2. The van der Waals surface area contributed by atoms with Crippen molar-refractivity contribution < 1.29 is 9.47 Å². The van der Waals surface area contributed by atoms with Gasteiger partial charge in [0.1, 0.15) is 12.3 Å². The Hall–Kier alpha value is -1.23. The first-order valence-electron chi connectivity index (χ1n) is 5.78. The van der Waals surface area contributed by atoms with Crippen LogP contribution in [0.15, 0.2) is 0 Å². The van der Waals surface area contributed by atoms with Gasteiger partial charge in [-0.05, 0) is 19.3 Å². The molecule has 1 atom stereocenters. The monoisotopic (exact) mass is 225 g/mol. The Kier molecular flexibility index (Phi) is 3.33. The summed E-state index contributed by atoms with van der Waals surface area (Å²) >= 11 is 0.